The Labute approximate surface area is 208 Å². The van der Waals surface area contributed by atoms with Gasteiger partial charge in [-0.05, 0) is 55.8 Å². The summed E-state index contributed by atoms with van der Waals surface area (Å²) in [7, 11) is 1.50. The van der Waals surface area contributed by atoms with Gasteiger partial charge in [0.2, 0.25) is 5.91 Å². The van der Waals surface area contributed by atoms with Gasteiger partial charge < -0.3 is 24.6 Å². The average molecular weight is 487 g/mol. The summed E-state index contributed by atoms with van der Waals surface area (Å²) in [6.45, 7) is 4.09. The molecule has 0 saturated heterocycles. The number of methoxy groups -OCH3 is 1. The van der Waals surface area contributed by atoms with Crippen molar-refractivity contribution < 1.29 is 23.6 Å². The third-order valence-electron chi connectivity index (χ3n) is 5.51. The minimum Gasteiger partial charge on any atom is -0.494 e. The van der Waals surface area contributed by atoms with Crippen LogP contribution in [0.25, 0.3) is 0 Å². The SMILES string of the molecule is COc1cc(NC(=O)Cc2ccc(OCc3c(C)noc3C)cc2)ccc1NC(=O)c1cccnc1. The Morgan fingerprint density at radius 3 is 2.50 bits per heavy atom. The zero-order valence-corrected chi connectivity index (χ0v) is 20.2. The third-order valence-corrected chi connectivity index (χ3v) is 5.51. The number of nitrogens with one attached hydrogen (secondary N) is 2. The summed E-state index contributed by atoms with van der Waals surface area (Å²) >= 11 is 0. The largest absolute Gasteiger partial charge is 0.494 e. The van der Waals surface area contributed by atoms with Crippen LogP contribution in [0.5, 0.6) is 11.5 Å². The second kappa shape index (κ2) is 11.2. The maximum Gasteiger partial charge on any atom is 0.257 e. The molecule has 2 N–H and O–H groups in total. The summed E-state index contributed by atoms with van der Waals surface area (Å²) in [6, 6.07) is 15.7. The lowest BCUT2D eigenvalue weighted by Gasteiger charge is -2.13. The van der Waals surface area contributed by atoms with Gasteiger partial charge in [-0.1, -0.05) is 17.3 Å². The van der Waals surface area contributed by atoms with Crippen LogP contribution in [0.3, 0.4) is 0 Å². The number of aryl methyl sites for hydroxylation is 2. The number of carbonyl (C=O) groups excluding carboxylic acids is 2. The summed E-state index contributed by atoms with van der Waals surface area (Å²) in [4.78, 5) is 29.0. The van der Waals surface area contributed by atoms with E-state index in [0.29, 0.717) is 35.0 Å². The molecule has 36 heavy (non-hydrogen) atoms. The number of anilines is 2. The molecule has 0 spiro atoms. The van der Waals surface area contributed by atoms with E-state index in [-0.39, 0.29) is 18.2 Å². The van der Waals surface area contributed by atoms with Gasteiger partial charge in [0.05, 0.1) is 36.0 Å². The van der Waals surface area contributed by atoms with Gasteiger partial charge in [-0.3, -0.25) is 14.6 Å². The van der Waals surface area contributed by atoms with Crippen molar-refractivity contribution in [2.45, 2.75) is 26.9 Å². The Morgan fingerprint density at radius 2 is 1.83 bits per heavy atom. The molecule has 0 aliphatic heterocycles. The van der Waals surface area contributed by atoms with Crippen LogP contribution in [0.1, 0.15) is 32.9 Å². The van der Waals surface area contributed by atoms with Crippen molar-refractivity contribution in [2.75, 3.05) is 17.7 Å². The van der Waals surface area contributed by atoms with E-state index in [1.807, 2.05) is 38.1 Å². The molecule has 0 aliphatic carbocycles. The molecule has 0 aliphatic rings. The molecule has 9 nitrogen and oxygen atoms in total. The van der Waals surface area contributed by atoms with Crippen LogP contribution in [0.4, 0.5) is 11.4 Å². The van der Waals surface area contributed by atoms with Gasteiger partial charge in [-0.2, -0.15) is 0 Å². The highest BCUT2D eigenvalue weighted by Crippen LogP contribution is 2.28. The quantitative estimate of drug-likeness (QED) is 0.352. The summed E-state index contributed by atoms with van der Waals surface area (Å²) in [5.41, 5.74) is 4.03. The van der Waals surface area contributed by atoms with E-state index in [9.17, 15) is 9.59 Å². The van der Waals surface area contributed by atoms with Crippen molar-refractivity contribution in [3.8, 4) is 11.5 Å². The molecule has 2 amide bonds. The van der Waals surface area contributed by atoms with Gasteiger partial charge in [-0.15, -0.1) is 0 Å². The zero-order valence-electron chi connectivity index (χ0n) is 20.2. The van der Waals surface area contributed by atoms with Gasteiger partial charge in [0.15, 0.2) is 0 Å². The van der Waals surface area contributed by atoms with Crippen molar-refractivity contribution in [1.82, 2.24) is 10.1 Å². The summed E-state index contributed by atoms with van der Waals surface area (Å²) < 4.78 is 16.4. The van der Waals surface area contributed by atoms with E-state index < -0.39 is 0 Å². The predicted molar refractivity (Wildman–Crippen MR) is 134 cm³/mol. The number of hydrogen-bond acceptors (Lipinski definition) is 7. The van der Waals surface area contributed by atoms with E-state index in [1.54, 1.807) is 36.5 Å². The van der Waals surface area contributed by atoms with E-state index in [0.717, 1.165) is 22.6 Å². The van der Waals surface area contributed by atoms with Crippen molar-refractivity contribution >= 4 is 23.2 Å². The minimum atomic E-state index is -0.308. The smallest absolute Gasteiger partial charge is 0.257 e. The predicted octanol–water partition coefficient (Wildman–Crippen LogP) is 4.71. The van der Waals surface area contributed by atoms with Gasteiger partial charge in [0.25, 0.3) is 5.91 Å². The molecule has 184 valence electrons. The second-order valence-corrected chi connectivity index (χ2v) is 8.07. The summed E-state index contributed by atoms with van der Waals surface area (Å²) in [6.07, 6.45) is 3.26. The molecule has 0 fully saturated rings. The standard InChI is InChI=1S/C27H26N4O5/c1-17-23(18(2)36-31-17)16-35-22-9-6-19(7-10-22)13-26(32)29-21-8-11-24(25(14-21)34-3)30-27(33)20-5-4-12-28-15-20/h4-12,14-15H,13,16H2,1-3H3,(H,29,32)(H,30,33). The number of rotatable bonds is 9. The highest BCUT2D eigenvalue weighted by atomic mass is 16.5. The normalized spacial score (nSPS) is 10.5. The van der Waals surface area contributed by atoms with Gasteiger partial charge in [0, 0.05) is 24.1 Å². The lowest BCUT2D eigenvalue weighted by Crippen LogP contribution is -2.15. The Balaban J connectivity index is 1.33. The molecule has 9 heteroatoms. The number of aromatic nitrogens is 2. The van der Waals surface area contributed by atoms with Crippen LogP contribution >= 0.6 is 0 Å². The number of hydrogen-bond donors (Lipinski definition) is 2. The Morgan fingerprint density at radius 1 is 1.03 bits per heavy atom. The number of ether oxygens (including phenoxy) is 2. The molecule has 0 bridgehead atoms. The maximum absolute atomic E-state index is 12.6. The van der Waals surface area contributed by atoms with E-state index in [1.165, 1.54) is 13.3 Å². The fourth-order valence-electron chi connectivity index (χ4n) is 3.52. The molecule has 0 atom stereocenters. The Kier molecular flexibility index (Phi) is 7.60. The fourth-order valence-corrected chi connectivity index (χ4v) is 3.52. The second-order valence-electron chi connectivity index (χ2n) is 8.07. The number of benzene rings is 2. The van der Waals surface area contributed by atoms with Gasteiger partial charge in [-0.25, -0.2) is 0 Å². The summed E-state index contributed by atoms with van der Waals surface area (Å²) in [5.74, 6) is 1.35. The zero-order chi connectivity index (χ0) is 25.5. The lowest BCUT2D eigenvalue weighted by molar-refractivity contribution is -0.115. The fraction of sp³-hybridized carbons (Fsp3) is 0.185. The van der Waals surface area contributed by atoms with E-state index in [4.69, 9.17) is 14.0 Å². The first-order valence-corrected chi connectivity index (χ1v) is 11.3. The van der Waals surface area contributed by atoms with Crippen LogP contribution in [0.15, 0.2) is 71.5 Å². The van der Waals surface area contributed by atoms with E-state index >= 15 is 0 Å². The van der Waals surface area contributed by atoms with Crippen LogP contribution in [-0.4, -0.2) is 29.1 Å². The Bertz CT molecular complexity index is 1330. The van der Waals surface area contributed by atoms with Crippen molar-refractivity contribution in [1.29, 1.82) is 0 Å². The lowest BCUT2D eigenvalue weighted by atomic mass is 10.1. The van der Waals surface area contributed by atoms with Gasteiger partial charge >= 0.3 is 0 Å². The molecule has 2 aromatic heterocycles. The topological polar surface area (TPSA) is 116 Å². The van der Waals surface area contributed by atoms with Crippen LogP contribution < -0.4 is 20.1 Å². The molecule has 0 saturated carbocycles. The van der Waals surface area contributed by atoms with Gasteiger partial charge in [0.1, 0.15) is 23.9 Å². The molecule has 0 radical (unpaired) electrons. The maximum atomic E-state index is 12.6. The third kappa shape index (κ3) is 6.06. The van der Waals surface area contributed by atoms with Crippen LogP contribution in [0, 0.1) is 13.8 Å². The number of carbonyl (C=O) groups is 2. The summed E-state index contributed by atoms with van der Waals surface area (Å²) in [5, 5.41) is 9.57. The van der Waals surface area contributed by atoms with Crippen LogP contribution in [0.2, 0.25) is 0 Å². The van der Waals surface area contributed by atoms with Crippen LogP contribution in [-0.2, 0) is 17.8 Å². The molecule has 4 aromatic rings. The van der Waals surface area contributed by atoms with Crippen molar-refractivity contribution in [3.05, 3.63) is 95.1 Å². The number of amides is 2. The highest BCUT2D eigenvalue weighted by Gasteiger charge is 2.13. The highest BCUT2D eigenvalue weighted by molar-refractivity contribution is 6.05. The Hall–Kier alpha value is -4.66. The van der Waals surface area contributed by atoms with E-state index in [2.05, 4.69) is 20.8 Å². The number of nitrogens with zero attached hydrogens (tertiary/aromatic N) is 2. The molecular weight excluding hydrogens is 460 g/mol. The molecule has 4 rings (SSSR count). The molecule has 2 aromatic carbocycles. The number of pyridine rings is 1. The average Bonchev–Trinajstić information content (AvgIpc) is 3.21. The monoisotopic (exact) mass is 486 g/mol. The van der Waals surface area contributed by atoms with Crippen molar-refractivity contribution in [3.63, 3.8) is 0 Å². The van der Waals surface area contributed by atoms with Crippen molar-refractivity contribution in [2.24, 2.45) is 0 Å². The first-order chi connectivity index (χ1) is 17.4. The molecular formula is C27H26N4O5. The first-order valence-electron chi connectivity index (χ1n) is 11.3. The minimum absolute atomic E-state index is 0.186. The first kappa shape index (κ1) is 24.5. The molecule has 0 unspecified atom stereocenters. The molecule has 2 heterocycles.